The maximum absolute atomic E-state index is 12.3. The van der Waals surface area contributed by atoms with Crippen molar-refractivity contribution in [1.82, 2.24) is 0 Å². The van der Waals surface area contributed by atoms with Gasteiger partial charge in [0.2, 0.25) is 5.91 Å². The molecule has 0 saturated heterocycles. The standard InChI is InChI=1S/C18H28N2O/c1-13(12-18(2,3)4)11-16(21)20-15-9-5-7-14-8-6-10-19-17(14)15/h5,7,9,13,19H,6,8,10-12H2,1-4H3,(H,20,21). The van der Waals surface area contributed by atoms with Gasteiger partial charge in [0.25, 0.3) is 0 Å². The second-order valence-electron chi connectivity index (χ2n) is 7.49. The average Bonchev–Trinajstić information content (AvgIpc) is 2.36. The van der Waals surface area contributed by atoms with Gasteiger partial charge in [0, 0.05) is 13.0 Å². The van der Waals surface area contributed by atoms with E-state index in [2.05, 4.69) is 44.4 Å². The highest BCUT2D eigenvalue weighted by molar-refractivity contribution is 5.95. The number of hydrogen-bond acceptors (Lipinski definition) is 2. The zero-order valence-corrected chi connectivity index (χ0v) is 13.8. The zero-order valence-electron chi connectivity index (χ0n) is 13.8. The SMILES string of the molecule is CC(CC(=O)Nc1cccc2c1NCCC2)CC(C)(C)C. The van der Waals surface area contributed by atoms with Crippen molar-refractivity contribution < 1.29 is 4.79 Å². The third-order valence-corrected chi connectivity index (χ3v) is 3.84. The first-order valence-electron chi connectivity index (χ1n) is 8.01. The molecule has 0 radical (unpaired) electrons. The van der Waals surface area contributed by atoms with Crippen LogP contribution in [0.2, 0.25) is 0 Å². The van der Waals surface area contributed by atoms with Gasteiger partial charge in [0.1, 0.15) is 0 Å². The summed E-state index contributed by atoms with van der Waals surface area (Å²) in [5.74, 6) is 0.519. The number of fused-ring (bicyclic) bond motifs is 1. The molecular formula is C18H28N2O. The van der Waals surface area contributed by atoms with Gasteiger partial charge in [-0.2, -0.15) is 0 Å². The summed E-state index contributed by atoms with van der Waals surface area (Å²) in [5, 5.41) is 6.50. The Morgan fingerprint density at radius 1 is 1.38 bits per heavy atom. The molecule has 2 N–H and O–H groups in total. The van der Waals surface area contributed by atoms with Gasteiger partial charge >= 0.3 is 0 Å². The van der Waals surface area contributed by atoms with Gasteiger partial charge in [-0.05, 0) is 42.2 Å². The average molecular weight is 288 g/mol. The second kappa shape index (κ2) is 6.50. The second-order valence-corrected chi connectivity index (χ2v) is 7.49. The van der Waals surface area contributed by atoms with E-state index in [1.807, 2.05) is 12.1 Å². The van der Waals surface area contributed by atoms with Crippen molar-refractivity contribution in [1.29, 1.82) is 0 Å². The van der Waals surface area contributed by atoms with Crippen molar-refractivity contribution in [2.45, 2.75) is 53.4 Å². The van der Waals surface area contributed by atoms with Crippen molar-refractivity contribution in [3.63, 3.8) is 0 Å². The number of aryl methyl sites for hydroxylation is 1. The highest BCUT2D eigenvalue weighted by Crippen LogP contribution is 2.31. The largest absolute Gasteiger partial charge is 0.383 e. The van der Waals surface area contributed by atoms with E-state index in [-0.39, 0.29) is 11.3 Å². The normalized spacial score (nSPS) is 15.8. The van der Waals surface area contributed by atoms with E-state index < -0.39 is 0 Å². The number of rotatable bonds is 4. The molecule has 0 fully saturated rings. The topological polar surface area (TPSA) is 41.1 Å². The third-order valence-electron chi connectivity index (χ3n) is 3.84. The number of nitrogens with one attached hydrogen (secondary N) is 2. The number of anilines is 2. The van der Waals surface area contributed by atoms with Gasteiger partial charge in [0.05, 0.1) is 11.4 Å². The minimum atomic E-state index is 0.118. The molecule has 1 aliphatic rings. The maximum atomic E-state index is 12.3. The van der Waals surface area contributed by atoms with Crippen LogP contribution >= 0.6 is 0 Å². The van der Waals surface area contributed by atoms with Crippen molar-refractivity contribution in [2.75, 3.05) is 17.2 Å². The minimum Gasteiger partial charge on any atom is -0.383 e. The van der Waals surface area contributed by atoms with Gasteiger partial charge < -0.3 is 10.6 Å². The molecule has 3 heteroatoms. The number of carbonyl (C=O) groups is 1. The fourth-order valence-electron chi connectivity index (χ4n) is 3.25. The summed E-state index contributed by atoms with van der Waals surface area (Å²) < 4.78 is 0. The van der Waals surface area contributed by atoms with Crippen molar-refractivity contribution >= 4 is 17.3 Å². The lowest BCUT2D eigenvalue weighted by molar-refractivity contribution is -0.117. The Morgan fingerprint density at radius 3 is 2.86 bits per heavy atom. The van der Waals surface area contributed by atoms with E-state index in [9.17, 15) is 4.79 Å². The molecule has 1 unspecified atom stereocenters. The first-order chi connectivity index (χ1) is 9.85. The quantitative estimate of drug-likeness (QED) is 0.859. The van der Waals surface area contributed by atoms with Crippen LogP contribution in [0.4, 0.5) is 11.4 Å². The predicted octanol–water partition coefficient (Wildman–Crippen LogP) is 4.45. The van der Waals surface area contributed by atoms with Crippen LogP contribution in [0.5, 0.6) is 0 Å². The smallest absolute Gasteiger partial charge is 0.224 e. The molecule has 1 aliphatic heterocycles. The van der Waals surface area contributed by atoms with Crippen LogP contribution < -0.4 is 10.6 Å². The molecule has 0 aliphatic carbocycles. The molecule has 1 aromatic carbocycles. The molecule has 2 rings (SSSR count). The van der Waals surface area contributed by atoms with E-state index in [0.717, 1.165) is 37.2 Å². The molecule has 1 heterocycles. The zero-order chi connectivity index (χ0) is 15.5. The lowest BCUT2D eigenvalue weighted by atomic mass is 9.84. The Labute approximate surface area is 128 Å². The molecule has 1 amide bonds. The molecule has 0 saturated carbocycles. The van der Waals surface area contributed by atoms with E-state index in [0.29, 0.717) is 12.3 Å². The Kier molecular flexibility index (Phi) is 4.92. The number of hydrogen-bond donors (Lipinski definition) is 2. The predicted molar refractivity (Wildman–Crippen MR) is 89.7 cm³/mol. The van der Waals surface area contributed by atoms with Gasteiger partial charge in [-0.15, -0.1) is 0 Å². The molecule has 1 atom stereocenters. The minimum absolute atomic E-state index is 0.118. The Balaban J connectivity index is 1.97. The summed E-state index contributed by atoms with van der Waals surface area (Å²) >= 11 is 0. The molecule has 116 valence electrons. The first-order valence-corrected chi connectivity index (χ1v) is 8.01. The van der Waals surface area contributed by atoms with Crippen molar-refractivity contribution in [3.05, 3.63) is 23.8 Å². The number of carbonyl (C=O) groups excluding carboxylic acids is 1. The third kappa shape index (κ3) is 4.76. The van der Waals surface area contributed by atoms with Crippen LogP contribution in [0.15, 0.2) is 18.2 Å². The summed E-state index contributed by atoms with van der Waals surface area (Å²) in [6, 6.07) is 6.16. The van der Waals surface area contributed by atoms with Crippen molar-refractivity contribution in [2.24, 2.45) is 11.3 Å². The van der Waals surface area contributed by atoms with Crippen LogP contribution in [-0.2, 0) is 11.2 Å². The highest BCUT2D eigenvalue weighted by Gasteiger charge is 2.19. The number of para-hydroxylation sites is 1. The van der Waals surface area contributed by atoms with E-state index in [1.165, 1.54) is 5.56 Å². The van der Waals surface area contributed by atoms with Crippen LogP contribution in [0.1, 0.15) is 52.5 Å². The van der Waals surface area contributed by atoms with Crippen LogP contribution in [0.25, 0.3) is 0 Å². The van der Waals surface area contributed by atoms with E-state index in [1.54, 1.807) is 0 Å². The van der Waals surface area contributed by atoms with Gasteiger partial charge in [-0.1, -0.05) is 39.8 Å². The highest BCUT2D eigenvalue weighted by atomic mass is 16.1. The molecule has 0 bridgehead atoms. The van der Waals surface area contributed by atoms with E-state index in [4.69, 9.17) is 0 Å². The first kappa shape index (κ1) is 15.9. The van der Waals surface area contributed by atoms with Gasteiger partial charge in [0.15, 0.2) is 0 Å². The molecule has 0 aromatic heterocycles. The number of amides is 1. The van der Waals surface area contributed by atoms with Crippen molar-refractivity contribution in [3.8, 4) is 0 Å². The summed E-state index contributed by atoms with van der Waals surface area (Å²) in [4.78, 5) is 12.3. The fraction of sp³-hybridized carbons (Fsp3) is 0.611. The van der Waals surface area contributed by atoms with Crippen LogP contribution in [0.3, 0.4) is 0 Å². The summed E-state index contributed by atoms with van der Waals surface area (Å²) in [6.45, 7) is 9.81. The van der Waals surface area contributed by atoms with E-state index >= 15 is 0 Å². The monoisotopic (exact) mass is 288 g/mol. The molecular weight excluding hydrogens is 260 g/mol. The Hall–Kier alpha value is -1.51. The molecule has 21 heavy (non-hydrogen) atoms. The number of benzene rings is 1. The summed E-state index contributed by atoms with van der Waals surface area (Å²) in [7, 11) is 0. The fourth-order valence-corrected chi connectivity index (χ4v) is 3.25. The van der Waals surface area contributed by atoms with Crippen LogP contribution in [-0.4, -0.2) is 12.5 Å². The molecule has 3 nitrogen and oxygen atoms in total. The van der Waals surface area contributed by atoms with Gasteiger partial charge in [-0.3, -0.25) is 4.79 Å². The van der Waals surface area contributed by atoms with Crippen LogP contribution in [0, 0.1) is 11.3 Å². The molecule has 1 aromatic rings. The summed E-state index contributed by atoms with van der Waals surface area (Å²) in [6.07, 6.45) is 3.89. The summed E-state index contributed by atoms with van der Waals surface area (Å²) in [5.41, 5.74) is 3.62. The molecule has 0 spiro atoms. The lowest BCUT2D eigenvalue weighted by Gasteiger charge is -2.24. The Morgan fingerprint density at radius 2 is 2.14 bits per heavy atom. The lowest BCUT2D eigenvalue weighted by Crippen LogP contribution is -2.20. The Bertz CT molecular complexity index is 502. The maximum Gasteiger partial charge on any atom is 0.224 e. The van der Waals surface area contributed by atoms with Gasteiger partial charge in [-0.25, -0.2) is 0 Å².